The first-order valence-electron chi connectivity index (χ1n) is 15.9. The number of alkyl halides is 3. The molecule has 2 saturated heterocycles. The molecule has 12 heteroatoms. The molecule has 0 spiro atoms. The molecule has 1 unspecified atom stereocenters. The van der Waals surface area contributed by atoms with Crippen molar-refractivity contribution in [2.24, 2.45) is 11.8 Å². The number of nitrogens with one attached hydrogen (secondary N) is 2. The SMILES string of the molecule is CC(C)(C)OC(=O)C[C@H](C(=O)NCc1cccc(C(F)(F)F)c1F)N1C(=O)[C@@H](C2C(=O)NC[C@@H]2c2ccccc2)[C@H]1C=Cc1ccccc1. The summed E-state index contributed by atoms with van der Waals surface area (Å²) in [5.74, 6) is -6.16. The van der Waals surface area contributed by atoms with E-state index in [-0.39, 0.29) is 11.8 Å². The van der Waals surface area contributed by atoms with Crippen LogP contribution in [0.3, 0.4) is 0 Å². The summed E-state index contributed by atoms with van der Waals surface area (Å²) in [6.45, 7) is 4.56. The first kappa shape index (κ1) is 35.3. The van der Waals surface area contributed by atoms with Crippen molar-refractivity contribution in [3.63, 3.8) is 0 Å². The number of hydrogen-bond acceptors (Lipinski definition) is 5. The average Bonchev–Trinajstić information content (AvgIpc) is 3.41. The van der Waals surface area contributed by atoms with E-state index in [0.29, 0.717) is 12.6 Å². The summed E-state index contributed by atoms with van der Waals surface area (Å²) in [6, 6.07) is 18.8. The summed E-state index contributed by atoms with van der Waals surface area (Å²) in [7, 11) is 0. The van der Waals surface area contributed by atoms with Gasteiger partial charge in [-0.05, 0) is 38.0 Å². The second kappa shape index (κ2) is 14.2. The van der Waals surface area contributed by atoms with E-state index in [1.54, 1.807) is 32.9 Å². The number of benzene rings is 3. The Kier molecular flexibility index (Phi) is 10.3. The second-order valence-electron chi connectivity index (χ2n) is 13.1. The quantitative estimate of drug-likeness (QED) is 0.164. The molecule has 3 amide bonds. The fourth-order valence-electron chi connectivity index (χ4n) is 6.44. The van der Waals surface area contributed by atoms with Crippen LogP contribution in [0.2, 0.25) is 0 Å². The molecular formula is C37H37F4N3O5. The minimum Gasteiger partial charge on any atom is -0.460 e. The van der Waals surface area contributed by atoms with Gasteiger partial charge in [-0.15, -0.1) is 0 Å². The monoisotopic (exact) mass is 679 g/mol. The summed E-state index contributed by atoms with van der Waals surface area (Å²) in [4.78, 5) is 55.6. The normalized spacial score (nSPS) is 21.7. The number of carbonyl (C=O) groups excluding carboxylic acids is 4. The average molecular weight is 680 g/mol. The van der Waals surface area contributed by atoms with Gasteiger partial charge in [0.25, 0.3) is 0 Å². The number of β-lactam (4-membered cyclic amide) rings is 1. The van der Waals surface area contributed by atoms with Crippen molar-refractivity contribution in [1.82, 2.24) is 15.5 Å². The number of esters is 1. The van der Waals surface area contributed by atoms with Crippen molar-refractivity contribution < 1.29 is 41.5 Å². The molecule has 0 radical (unpaired) electrons. The standard InChI is InChI=1S/C37H37F4N3O5/c1-36(2,3)49-29(45)19-28(33(46)42-20-24-15-10-16-26(32(24)38)37(39,40)41)44-27(18-17-22-11-6-4-7-12-22)31(35(44)48)30-25(21-43-34(30)47)23-13-8-5-9-14-23/h4-18,25,27-28,30-31H,19-21H2,1-3H3,(H,42,46)(H,43,47)/t25-,27-,28-,30?,31-/m1/s1. The maximum atomic E-state index is 14.8. The van der Waals surface area contributed by atoms with Crippen LogP contribution in [-0.4, -0.2) is 52.8 Å². The molecule has 5 rings (SSSR count). The van der Waals surface area contributed by atoms with Crippen molar-refractivity contribution in [3.8, 4) is 0 Å². The van der Waals surface area contributed by atoms with Gasteiger partial charge in [-0.1, -0.05) is 84.9 Å². The Morgan fingerprint density at radius 3 is 2.24 bits per heavy atom. The van der Waals surface area contributed by atoms with Crippen LogP contribution in [-0.2, 0) is 36.6 Å². The summed E-state index contributed by atoms with van der Waals surface area (Å²) < 4.78 is 60.3. The molecule has 3 aromatic rings. The van der Waals surface area contributed by atoms with Gasteiger partial charge in [0, 0.05) is 24.6 Å². The molecule has 2 heterocycles. The van der Waals surface area contributed by atoms with E-state index in [4.69, 9.17) is 4.74 Å². The minimum absolute atomic E-state index is 0.302. The molecule has 5 atom stereocenters. The first-order valence-corrected chi connectivity index (χ1v) is 15.9. The number of hydrogen-bond donors (Lipinski definition) is 2. The number of ether oxygens (including phenoxy) is 1. The molecule has 2 N–H and O–H groups in total. The summed E-state index contributed by atoms with van der Waals surface area (Å²) in [5.41, 5.74) is -1.21. The van der Waals surface area contributed by atoms with Gasteiger partial charge in [0.15, 0.2) is 0 Å². The fourth-order valence-corrected chi connectivity index (χ4v) is 6.44. The van der Waals surface area contributed by atoms with Gasteiger partial charge >= 0.3 is 12.1 Å². The van der Waals surface area contributed by atoms with E-state index >= 15 is 0 Å². The molecule has 0 saturated carbocycles. The molecule has 2 aliphatic rings. The van der Waals surface area contributed by atoms with E-state index in [2.05, 4.69) is 10.6 Å². The Hall–Kier alpha value is -5.00. The van der Waals surface area contributed by atoms with Crippen molar-refractivity contribution in [1.29, 1.82) is 0 Å². The Morgan fingerprint density at radius 2 is 1.61 bits per heavy atom. The summed E-state index contributed by atoms with van der Waals surface area (Å²) in [6.07, 6.45) is -2.09. The van der Waals surface area contributed by atoms with Crippen molar-refractivity contribution in [3.05, 3.63) is 113 Å². The van der Waals surface area contributed by atoms with Gasteiger partial charge < -0.3 is 20.3 Å². The molecule has 2 fully saturated rings. The lowest BCUT2D eigenvalue weighted by atomic mass is 9.70. The first-order chi connectivity index (χ1) is 23.2. The van der Waals surface area contributed by atoms with Crippen molar-refractivity contribution in [2.45, 2.75) is 63.5 Å². The number of halogens is 4. The van der Waals surface area contributed by atoms with Crippen molar-refractivity contribution in [2.75, 3.05) is 6.54 Å². The molecular weight excluding hydrogens is 642 g/mol. The van der Waals surface area contributed by atoms with Crippen LogP contribution in [0.4, 0.5) is 17.6 Å². The summed E-state index contributed by atoms with van der Waals surface area (Å²) in [5, 5.41) is 5.29. The lowest BCUT2D eigenvalue weighted by Crippen LogP contribution is -2.69. The van der Waals surface area contributed by atoms with Crippen LogP contribution in [0, 0.1) is 17.7 Å². The van der Waals surface area contributed by atoms with Crippen LogP contribution >= 0.6 is 0 Å². The van der Waals surface area contributed by atoms with Gasteiger partial charge in [-0.2, -0.15) is 13.2 Å². The van der Waals surface area contributed by atoms with Gasteiger partial charge in [-0.3, -0.25) is 19.2 Å². The number of nitrogens with zero attached hydrogens (tertiary/aromatic N) is 1. The minimum atomic E-state index is -4.95. The molecule has 8 nitrogen and oxygen atoms in total. The third-order valence-electron chi connectivity index (χ3n) is 8.62. The third-order valence-corrected chi connectivity index (χ3v) is 8.62. The van der Waals surface area contributed by atoms with Crippen LogP contribution < -0.4 is 10.6 Å². The van der Waals surface area contributed by atoms with Crippen LogP contribution in [0.1, 0.15) is 55.4 Å². The molecule has 0 aromatic heterocycles. The predicted octanol–water partition coefficient (Wildman–Crippen LogP) is 5.63. The summed E-state index contributed by atoms with van der Waals surface area (Å²) >= 11 is 0. The molecule has 2 aliphatic heterocycles. The highest BCUT2D eigenvalue weighted by Crippen LogP contribution is 2.45. The van der Waals surface area contributed by atoms with Crippen LogP contribution in [0.25, 0.3) is 6.08 Å². The number of carbonyl (C=O) groups is 4. The highest BCUT2D eigenvalue weighted by atomic mass is 19.4. The number of amides is 3. The molecule has 3 aromatic carbocycles. The topological polar surface area (TPSA) is 105 Å². The van der Waals surface area contributed by atoms with E-state index in [1.165, 1.54) is 4.90 Å². The van der Waals surface area contributed by atoms with Crippen LogP contribution in [0.5, 0.6) is 0 Å². The van der Waals surface area contributed by atoms with E-state index < -0.39 is 83.4 Å². The molecule has 0 bridgehead atoms. The lowest BCUT2D eigenvalue weighted by molar-refractivity contribution is -0.171. The Balaban J connectivity index is 1.49. The van der Waals surface area contributed by atoms with E-state index in [1.807, 2.05) is 60.7 Å². The zero-order valence-corrected chi connectivity index (χ0v) is 27.2. The zero-order chi connectivity index (χ0) is 35.5. The van der Waals surface area contributed by atoms with E-state index in [9.17, 15) is 36.7 Å². The van der Waals surface area contributed by atoms with Gasteiger partial charge in [0.2, 0.25) is 17.7 Å². The van der Waals surface area contributed by atoms with Gasteiger partial charge in [-0.25, -0.2) is 4.39 Å². The predicted molar refractivity (Wildman–Crippen MR) is 173 cm³/mol. The highest BCUT2D eigenvalue weighted by molar-refractivity contribution is 5.99. The highest BCUT2D eigenvalue weighted by Gasteiger charge is 2.59. The fraction of sp³-hybridized carbons (Fsp3) is 0.351. The van der Waals surface area contributed by atoms with Gasteiger partial charge in [0.05, 0.1) is 29.9 Å². The van der Waals surface area contributed by atoms with Crippen LogP contribution in [0.15, 0.2) is 84.9 Å². The van der Waals surface area contributed by atoms with E-state index in [0.717, 1.165) is 23.3 Å². The van der Waals surface area contributed by atoms with Gasteiger partial charge in [0.1, 0.15) is 17.5 Å². The molecule has 49 heavy (non-hydrogen) atoms. The Bertz CT molecular complexity index is 1720. The molecule has 0 aliphatic carbocycles. The maximum Gasteiger partial charge on any atom is 0.419 e. The van der Waals surface area contributed by atoms with Crippen molar-refractivity contribution >= 4 is 29.8 Å². The maximum absolute atomic E-state index is 14.8. The molecule has 258 valence electrons. The largest absolute Gasteiger partial charge is 0.460 e. The lowest BCUT2D eigenvalue weighted by Gasteiger charge is -2.51. The third kappa shape index (κ3) is 8.01. The number of likely N-dealkylation sites (tertiary alicyclic amines) is 1. The second-order valence-corrected chi connectivity index (χ2v) is 13.1. The zero-order valence-electron chi connectivity index (χ0n) is 27.2. The smallest absolute Gasteiger partial charge is 0.419 e. The number of rotatable bonds is 10. The Labute approximate surface area is 281 Å². The Morgan fingerprint density at radius 1 is 0.959 bits per heavy atom.